The van der Waals surface area contributed by atoms with E-state index in [0.29, 0.717) is 13.0 Å². The van der Waals surface area contributed by atoms with E-state index in [1.165, 1.54) is 9.78 Å². The number of nitrogens with zero attached hydrogens (tertiary/aromatic N) is 1. The quantitative estimate of drug-likeness (QED) is 0.692. The molecule has 0 saturated carbocycles. The van der Waals surface area contributed by atoms with Crippen molar-refractivity contribution in [3.8, 4) is 0 Å². The number of ether oxygens (including phenoxy) is 2. The fourth-order valence-corrected chi connectivity index (χ4v) is 2.81. The molecule has 0 bridgehead atoms. The summed E-state index contributed by atoms with van der Waals surface area (Å²) in [5, 5.41) is 2.00. The first kappa shape index (κ1) is 17.5. The van der Waals surface area contributed by atoms with Gasteiger partial charge in [0, 0.05) is 17.3 Å². The van der Waals surface area contributed by atoms with Crippen molar-refractivity contribution in [3.63, 3.8) is 0 Å². The van der Waals surface area contributed by atoms with E-state index in [0.717, 1.165) is 6.42 Å². The molecule has 0 aliphatic carbocycles. The number of carbonyl (C=O) groups is 2. The molecule has 1 unspecified atom stereocenters. The summed E-state index contributed by atoms with van der Waals surface area (Å²) in [6.07, 6.45) is 0.997. The topological polar surface area (TPSA) is 55.8 Å². The van der Waals surface area contributed by atoms with E-state index in [1.54, 1.807) is 25.2 Å². The maximum Gasteiger partial charge on any atom is 0.410 e. The van der Waals surface area contributed by atoms with Crippen molar-refractivity contribution in [2.45, 2.75) is 39.7 Å². The van der Waals surface area contributed by atoms with Crippen LogP contribution < -0.4 is 0 Å². The second kappa shape index (κ2) is 9.39. The molecule has 1 aromatic heterocycles. The van der Waals surface area contributed by atoms with E-state index < -0.39 is 12.1 Å². The van der Waals surface area contributed by atoms with Crippen molar-refractivity contribution in [2.75, 3.05) is 19.8 Å². The van der Waals surface area contributed by atoms with Gasteiger partial charge in [-0.2, -0.15) is 0 Å². The largest absolute Gasteiger partial charge is 0.465 e. The molecule has 5 nitrogen and oxygen atoms in total. The zero-order valence-corrected chi connectivity index (χ0v) is 13.6. The normalized spacial score (nSPS) is 11.8. The molecule has 1 rings (SSSR count). The maximum atomic E-state index is 12.1. The minimum atomic E-state index is -0.464. The average molecular weight is 313 g/mol. The van der Waals surface area contributed by atoms with Crippen LogP contribution in [-0.4, -0.2) is 42.8 Å². The molecule has 1 amide bonds. The molecule has 0 saturated heterocycles. The second-order valence-corrected chi connectivity index (χ2v) is 5.51. The average Bonchev–Trinajstić information content (AvgIpc) is 2.96. The number of hydrogen-bond donors (Lipinski definition) is 0. The summed E-state index contributed by atoms with van der Waals surface area (Å²) >= 11 is 1.64. The minimum Gasteiger partial charge on any atom is -0.465 e. The van der Waals surface area contributed by atoms with Gasteiger partial charge in [-0.1, -0.05) is 13.0 Å². The Labute approximate surface area is 129 Å². The van der Waals surface area contributed by atoms with Gasteiger partial charge < -0.3 is 9.47 Å². The Kier molecular flexibility index (Phi) is 7.82. The third-order valence-corrected chi connectivity index (χ3v) is 3.93. The highest BCUT2D eigenvalue weighted by molar-refractivity contribution is 7.09. The Hall–Kier alpha value is -1.56. The van der Waals surface area contributed by atoms with Crippen LogP contribution in [0.1, 0.15) is 32.1 Å². The van der Waals surface area contributed by atoms with Gasteiger partial charge in [0.25, 0.3) is 0 Å². The lowest BCUT2D eigenvalue weighted by molar-refractivity contribution is -0.144. The van der Waals surface area contributed by atoms with Crippen LogP contribution >= 0.6 is 11.3 Å². The van der Waals surface area contributed by atoms with Crippen molar-refractivity contribution in [1.29, 1.82) is 0 Å². The van der Waals surface area contributed by atoms with Gasteiger partial charge >= 0.3 is 12.1 Å². The summed E-state index contributed by atoms with van der Waals surface area (Å²) < 4.78 is 10.0. The van der Waals surface area contributed by atoms with Crippen molar-refractivity contribution in [3.05, 3.63) is 22.4 Å². The Balaban J connectivity index is 2.80. The van der Waals surface area contributed by atoms with Crippen molar-refractivity contribution >= 4 is 23.4 Å². The van der Waals surface area contributed by atoms with E-state index in [9.17, 15) is 9.59 Å². The summed E-state index contributed by atoms with van der Waals surface area (Å²) in [6, 6.07) is 3.93. The van der Waals surface area contributed by atoms with Gasteiger partial charge in [0.15, 0.2) is 0 Å². The highest BCUT2D eigenvalue weighted by atomic mass is 32.1. The van der Waals surface area contributed by atoms with Crippen LogP contribution in [0.3, 0.4) is 0 Å². The van der Waals surface area contributed by atoms with E-state index in [2.05, 4.69) is 0 Å². The molecular formula is C15H23NO4S. The number of thiophene rings is 1. The third kappa shape index (κ3) is 5.75. The molecule has 6 heteroatoms. The zero-order chi connectivity index (χ0) is 15.7. The van der Waals surface area contributed by atoms with Crippen LogP contribution in [0.4, 0.5) is 4.79 Å². The molecule has 1 atom stereocenters. The first-order valence-electron chi connectivity index (χ1n) is 7.23. The van der Waals surface area contributed by atoms with Gasteiger partial charge in [0.05, 0.1) is 13.2 Å². The Morgan fingerprint density at radius 2 is 1.95 bits per heavy atom. The zero-order valence-electron chi connectivity index (χ0n) is 12.8. The fourth-order valence-electron chi connectivity index (χ4n) is 2.03. The van der Waals surface area contributed by atoms with Crippen LogP contribution in [0.5, 0.6) is 0 Å². The molecule has 0 fully saturated rings. The maximum absolute atomic E-state index is 12.1. The third-order valence-electron chi connectivity index (χ3n) is 3.04. The van der Waals surface area contributed by atoms with Gasteiger partial charge in [-0.3, -0.25) is 9.69 Å². The smallest absolute Gasteiger partial charge is 0.410 e. The summed E-state index contributed by atoms with van der Waals surface area (Å²) in [7, 11) is 0. The first-order chi connectivity index (χ1) is 10.1. The van der Waals surface area contributed by atoms with Gasteiger partial charge in [0.1, 0.15) is 6.54 Å². The molecule has 118 valence electrons. The molecule has 1 heterocycles. The summed E-state index contributed by atoms with van der Waals surface area (Å²) in [5.74, 6) is -0.407. The van der Waals surface area contributed by atoms with Gasteiger partial charge in [-0.05, 0) is 31.7 Å². The van der Waals surface area contributed by atoms with E-state index in [4.69, 9.17) is 9.47 Å². The van der Waals surface area contributed by atoms with E-state index in [-0.39, 0.29) is 19.2 Å². The molecule has 0 aliphatic heterocycles. The van der Waals surface area contributed by atoms with Crippen LogP contribution in [0.15, 0.2) is 17.5 Å². The number of amides is 1. The minimum absolute atomic E-state index is 0.0729. The summed E-state index contributed by atoms with van der Waals surface area (Å²) in [4.78, 5) is 26.5. The lowest BCUT2D eigenvalue weighted by Crippen LogP contribution is -2.45. The molecule has 0 aromatic carbocycles. The molecule has 21 heavy (non-hydrogen) atoms. The fraction of sp³-hybridized carbons (Fsp3) is 0.600. The lowest BCUT2D eigenvalue weighted by atomic mass is 10.1. The van der Waals surface area contributed by atoms with Crippen LogP contribution in [-0.2, 0) is 20.7 Å². The highest BCUT2D eigenvalue weighted by Crippen LogP contribution is 2.17. The van der Waals surface area contributed by atoms with Crippen LogP contribution in [0.25, 0.3) is 0 Å². The van der Waals surface area contributed by atoms with Crippen LogP contribution in [0.2, 0.25) is 0 Å². The second-order valence-electron chi connectivity index (χ2n) is 4.48. The van der Waals surface area contributed by atoms with Gasteiger partial charge in [-0.25, -0.2) is 4.79 Å². The van der Waals surface area contributed by atoms with Crippen molar-refractivity contribution in [1.82, 2.24) is 4.90 Å². The highest BCUT2D eigenvalue weighted by Gasteiger charge is 2.26. The molecule has 1 aromatic rings. The summed E-state index contributed by atoms with van der Waals surface area (Å²) in [6.45, 7) is 6.01. The van der Waals surface area contributed by atoms with Crippen molar-refractivity contribution < 1.29 is 19.1 Å². The molecule has 0 spiro atoms. The standard InChI is InChI=1S/C15H23NO4S/c1-4-12(10-13-8-7-9-21-13)16(15(18)20-6-3)11-14(17)19-5-2/h7-9,12H,4-6,10-11H2,1-3H3. The summed E-state index contributed by atoms with van der Waals surface area (Å²) in [5.41, 5.74) is 0. The lowest BCUT2D eigenvalue weighted by Gasteiger charge is -2.29. The molecular weight excluding hydrogens is 290 g/mol. The monoisotopic (exact) mass is 313 g/mol. The van der Waals surface area contributed by atoms with Crippen LogP contribution in [0, 0.1) is 0 Å². The molecule has 0 aliphatic rings. The Morgan fingerprint density at radius 1 is 1.24 bits per heavy atom. The predicted molar refractivity (Wildman–Crippen MR) is 82.5 cm³/mol. The molecule has 0 radical (unpaired) electrons. The van der Waals surface area contributed by atoms with Gasteiger partial charge in [0.2, 0.25) is 0 Å². The van der Waals surface area contributed by atoms with Crippen molar-refractivity contribution in [2.24, 2.45) is 0 Å². The number of carbonyl (C=O) groups excluding carboxylic acids is 2. The predicted octanol–water partition coefficient (Wildman–Crippen LogP) is 3.09. The molecule has 0 N–H and O–H groups in total. The number of rotatable bonds is 8. The SMILES string of the molecule is CCOC(=O)CN(C(=O)OCC)C(CC)Cc1cccs1. The Morgan fingerprint density at radius 3 is 2.48 bits per heavy atom. The number of hydrogen-bond acceptors (Lipinski definition) is 5. The van der Waals surface area contributed by atoms with E-state index >= 15 is 0 Å². The van der Waals surface area contributed by atoms with Gasteiger partial charge in [-0.15, -0.1) is 11.3 Å². The first-order valence-corrected chi connectivity index (χ1v) is 8.11. The van der Waals surface area contributed by atoms with E-state index in [1.807, 2.05) is 24.4 Å². The number of esters is 1. The Bertz CT molecular complexity index is 433.